The fraction of sp³-hybridized carbons (Fsp3) is 0.588. The second-order valence-electron chi connectivity index (χ2n) is 6.57. The molecule has 6 atom stereocenters. The van der Waals surface area contributed by atoms with Crippen molar-refractivity contribution < 1.29 is 9.53 Å². The molecule has 0 amide bonds. The van der Waals surface area contributed by atoms with Gasteiger partial charge in [-0.2, -0.15) is 0 Å². The molecule has 0 aliphatic heterocycles. The number of carbonyl (C=O) groups excluding carboxylic acids is 1. The van der Waals surface area contributed by atoms with Gasteiger partial charge in [-0.15, -0.1) is 0 Å². The second kappa shape index (κ2) is 4.59. The summed E-state index contributed by atoms with van der Waals surface area (Å²) in [7, 11) is 2.08. The lowest BCUT2D eigenvalue weighted by Crippen LogP contribution is -2.45. The summed E-state index contributed by atoms with van der Waals surface area (Å²) in [6.07, 6.45) is 3.62. The topological polar surface area (TPSA) is 38.3 Å². The van der Waals surface area contributed by atoms with Crippen LogP contribution in [0.25, 0.3) is 0 Å². The Kier molecular flexibility index (Phi) is 2.84. The van der Waals surface area contributed by atoms with Crippen LogP contribution in [0, 0.1) is 23.7 Å². The Hall–Kier alpha value is -1.35. The zero-order valence-electron chi connectivity index (χ0n) is 11.8. The molecular formula is C17H21NO2. The number of esters is 1. The highest BCUT2D eigenvalue weighted by Gasteiger charge is 2.62. The SMILES string of the molecule is CNC1C2CC(OC(=O)c3ccccc3)CC1[C@@H]1C[C@H]21. The predicted molar refractivity (Wildman–Crippen MR) is 76.3 cm³/mol. The minimum absolute atomic E-state index is 0.120. The Balaban J connectivity index is 1.44. The van der Waals surface area contributed by atoms with Gasteiger partial charge < -0.3 is 10.1 Å². The largest absolute Gasteiger partial charge is 0.459 e. The fourth-order valence-electron chi connectivity index (χ4n) is 4.73. The molecule has 0 aromatic heterocycles. The number of carbonyl (C=O) groups is 1. The van der Waals surface area contributed by atoms with Crippen LogP contribution in [0.3, 0.4) is 0 Å². The summed E-state index contributed by atoms with van der Waals surface area (Å²) in [5.74, 6) is 3.08. The van der Waals surface area contributed by atoms with Crippen molar-refractivity contribution in [1.82, 2.24) is 5.32 Å². The van der Waals surface area contributed by atoms with Crippen molar-refractivity contribution in [3.8, 4) is 0 Å². The highest BCUT2D eigenvalue weighted by molar-refractivity contribution is 5.89. The van der Waals surface area contributed by atoms with Gasteiger partial charge in [0.2, 0.25) is 0 Å². The number of rotatable bonds is 3. The van der Waals surface area contributed by atoms with E-state index in [0.29, 0.717) is 11.6 Å². The molecule has 2 bridgehead atoms. The van der Waals surface area contributed by atoms with E-state index in [1.807, 2.05) is 30.3 Å². The molecule has 4 unspecified atom stereocenters. The normalized spacial score (nSPS) is 41.0. The Morgan fingerprint density at radius 1 is 1.05 bits per heavy atom. The molecular weight excluding hydrogens is 250 g/mol. The molecule has 3 saturated carbocycles. The van der Waals surface area contributed by atoms with Gasteiger partial charge in [-0.05, 0) is 62.1 Å². The number of nitrogens with one attached hydrogen (secondary N) is 1. The summed E-state index contributed by atoms with van der Waals surface area (Å²) in [5.41, 5.74) is 0.667. The van der Waals surface area contributed by atoms with Crippen LogP contribution >= 0.6 is 0 Å². The molecule has 1 N–H and O–H groups in total. The van der Waals surface area contributed by atoms with Crippen molar-refractivity contribution in [3.63, 3.8) is 0 Å². The van der Waals surface area contributed by atoms with Gasteiger partial charge in [0.15, 0.2) is 0 Å². The molecule has 106 valence electrons. The standard InChI is InChI=1S/C17H21NO2/c1-18-16-14-7-11(8-15(16)13-9-12(13)14)20-17(19)10-5-3-2-4-6-10/h2-6,11-16,18H,7-9H2,1H3/t11?,12-,13+,14?,15?,16?. The van der Waals surface area contributed by atoms with Crippen LogP contribution in [0.1, 0.15) is 29.6 Å². The Labute approximate surface area is 119 Å². The highest BCUT2D eigenvalue weighted by Crippen LogP contribution is 2.63. The number of hydrogen-bond acceptors (Lipinski definition) is 3. The minimum atomic E-state index is -0.161. The van der Waals surface area contributed by atoms with Gasteiger partial charge in [-0.3, -0.25) is 0 Å². The Morgan fingerprint density at radius 2 is 1.70 bits per heavy atom. The molecule has 0 heterocycles. The predicted octanol–water partition coefficient (Wildman–Crippen LogP) is 2.48. The number of fused-ring (bicyclic) bond motifs is 5. The van der Waals surface area contributed by atoms with Crippen molar-refractivity contribution in [2.24, 2.45) is 23.7 Å². The van der Waals surface area contributed by atoms with Gasteiger partial charge in [0.1, 0.15) is 6.10 Å². The third-order valence-electron chi connectivity index (χ3n) is 5.60. The van der Waals surface area contributed by atoms with E-state index >= 15 is 0 Å². The zero-order chi connectivity index (χ0) is 13.7. The first-order valence-corrected chi connectivity index (χ1v) is 7.71. The van der Waals surface area contributed by atoms with Gasteiger partial charge in [0.25, 0.3) is 0 Å². The van der Waals surface area contributed by atoms with Gasteiger partial charge in [0.05, 0.1) is 5.56 Å². The molecule has 3 nitrogen and oxygen atoms in total. The number of benzene rings is 1. The van der Waals surface area contributed by atoms with Crippen LogP contribution in [0.2, 0.25) is 0 Å². The summed E-state index contributed by atoms with van der Waals surface area (Å²) in [5, 5.41) is 3.49. The van der Waals surface area contributed by atoms with Crippen molar-refractivity contribution in [1.29, 1.82) is 0 Å². The van der Waals surface area contributed by atoms with Crippen LogP contribution in [-0.2, 0) is 4.74 Å². The van der Waals surface area contributed by atoms with Crippen molar-refractivity contribution in [3.05, 3.63) is 35.9 Å². The highest BCUT2D eigenvalue weighted by atomic mass is 16.5. The molecule has 0 radical (unpaired) electrons. The summed E-state index contributed by atoms with van der Waals surface area (Å²) in [4.78, 5) is 12.2. The van der Waals surface area contributed by atoms with Gasteiger partial charge in [-0.25, -0.2) is 4.79 Å². The molecule has 1 aromatic carbocycles. The van der Waals surface area contributed by atoms with E-state index in [-0.39, 0.29) is 12.1 Å². The zero-order valence-corrected chi connectivity index (χ0v) is 11.8. The smallest absolute Gasteiger partial charge is 0.338 e. The van der Waals surface area contributed by atoms with E-state index in [2.05, 4.69) is 12.4 Å². The molecule has 0 spiro atoms. The molecule has 4 rings (SSSR count). The Morgan fingerprint density at radius 3 is 2.30 bits per heavy atom. The van der Waals surface area contributed by atoms with Gasteiger partial charge in [0, 0.05) is 6.04 Å². The van der Waals surface area contributed by atoms with Crippen LogP contribution in [0.5, 0.6) is 0 Å². The molecule has 20 heavy (non-hydrogen) atoms. The molecule has 0 saturated heterocycles. The monoisotopic (exact) mass is 271 g/mol. The maximum atomic E-state index is 12.2. The van der Waals surface area contributed by atoms with E-state index < -0.39 is 0 Å². The molecule has 3 aliphatic rings. The van der Waals surface area contributed by atoms with Crippen LogP contribution in [-0.4, -0.2) is 25.2 Å². The lowest BCUT2D eigenvalue weighted by Gasteiger charge is -2.37. The molecule has 3 aliphatic carbocycles. The lowest BCUT2D eigenvalue weighted by molar-refractivity contribution is 0.00241. The summed E-state index contributed by atoms with van der Waals surface area (Å²) in [6.45, 7) is 0. The first-order chi connectivity index (χ1) is 9.78. The average molecular weight is 271 g/mol. The Bertz CT molecular complexity index is 497. The van der Waals surface area contributed by atoms with Gasteiger partial charge in [-0.1, -0.05) is 18.2 Å². The third-order valence-corrected chi connectivity index (χ3v) is 5.60. The van der Waals surface area contributed by atoms with E-state index in [1.165, 1.54) is 6.42 Å². The summed E-state index contributed by atoms with van der Waals surface area (Å²) >= 11 is 0. The maximum Gasteiger partial charge on any atom is 0.338 e. The first-order valence-electron chi connectivity index (χ1n) is 7.71. The quantitative estimate of drug-likeness (QED) is 0.858. The van der Waals surface area contributed by atoms with E-state index in [1.54, 1.807) is 0 Å². The maximum absolute atomic E-state index is 12.2. The van der Waals surface area contributed by atoms with E-state index in [9.17, 15) is 4.79 Å². The third kappa shape index (κ3) is 1.87. The summed E-state index contributed by atoms with van der Waals surface area (Å²) < 4.78 is 5.75. The summed E-state index contributed by atoms with van der Waals surface area (Å²) in [6, 6.07) is 10.00. The van der Waals surface area contributed by atoms with E-state index in [4.69, 9.17) is 4.74 Å². The second-order valence-corrected chi connectivity index (χ2v) is 6.57. The number of hydrogen-bond donors (Lipinski definition) is 1. The average Bonchev–Trinajstić information content (AvgIpc) is 3.24. The van der Waals surface area contributed by atoms with Crippen molar-refractivity contribution in [2.45, 2.75) is 31.4 Å². The van der Waals surface area contributed by atoms with Crippen LogP contribution in [0.15, 0.2) is 30.3 Å². The molecule has 3 heteroatoms. The van der Waals surface area contributed by atoms with Crippen LogP contribution in [0.4, 0.5) is 0 Å². The fourth-order valence-corrected chi connectivity index (χ4v) is 4.73. The molecule has 3 fully saturated rings. The number of ether oxygens (including phenoxy) is 1. The molecule has 1 aromatic rings. The van der Waals surface area contributed by atoms with Crippen molar-refractivity contribution >= 4 is 5.97 Å². The van der Waals surface area contributed by atoms with Gasteiger partial charge >= 0.3 is 5.97 Å². The van der Waals surface area contributed by atoms with Crippen molar-refractivity contribution in [2.75, 3.05) is 7.05 Å². The lowest BCUT2D eigenvalue weighted by atomic mass is 9.78. The first kappa shape index (κ1) is 12.4. The minimum Gasteiger partial charge on any atom is -0.459 e. The van der Waals surface area contributed by atoms with Crippen LogP contribution < -0.4 is 5.32 Å². The van der Waals surface area contributed by atoms with E-state index in [0.717, 1.165) is 36.5 Å².